The summed E-state index contributed by atoms with van der Waals surface area (Å²) in [6, 6.07) is 0. The van der Waals surface area contributed by atoms with Crippen LogP contribution in [0.4, 0.5) is 0 Å². The average molecular weight is 445 g/mol. The molecule has 0 aromatic rings. The third-order valence-corrected chi connectivity index (χ3v) is 15.8. The summed E-state index contributed by atoms with van der Waals surface area (Å²) in [7, 11) is 0.937. The minimum atomic E-state index is -2.57. The Labute approximate surface area is 184 Å². The Balaban J connectivity index is 0.00000676. The first-order valence-corrected chi connectivity index (χ1v) is 14.0. The van der Waals surface area contributed by atoms with Gasteiger partial charge in [-0.25, -0.2) is 11.1 Å². The van der Waals surface area contributed by atoms with E-state index in [0.717, 1.165) is 5.57 Å². The Morgan fingerprint density at radius 1 is 0.926 bits per heavy atom. The molecule has 0 amide bonds. The van der Waals surface area contributed by atoms with E-state index in [9.17, 15) is 0 Å². The van der Waals surface area contributed by atoms with Crippen molar-refractivity contribution in [2.24, 2.45) is 0 Å². The fraction of sp³-hybridized carbons (Fsp3) is 0.800. The van der Waals surface area contributed by atoms with E-state index in [-0.39, 0.29) is 24.7 Å². The molecular weight excluding hydrogens is 406 g/mol. The second kappa shape index (κ2) is 11.1. The molecule has 3 nitrogen and oxygen atoms in total. The van der Waals surface area contributed by atoms with Gasteiger partial charge < -0.3 is 13.0 Å². The van der Waals surface area contributed by atoms with Crippen LogP contribution in [0.3, 0.4) is 0 Å². The minimum absolute atomic E-state index is 0. The third-order valence-electron chi connectivity index (χ3n) is 5.53. The van der Waals surface area contributed by atoms with Gasteiger partial charge in [-0.05, 0) is 30.0 Å². The number of rotatable bonds is 6. The van der Waals surface area contributed by atoms with Crippen molar-refractivity contribution in [2.75, 3.05) is 6.61 Å². The summed E-state index contributed by atoms with van der Waals surface area (Å²) in [5, 5.41) is 0. The molecule has 153 valence electrons. The largest absolute Gasteiger partial charge is 2.00 e. The summed E-state index contributed by atoms with van der Waals surface area (Å²) in [6.07, 6.45) is 3.65. The van der Waals surface area contributed by atoms with Crippen molar-refractivity contribution in [1.82, 2.24) is 0 Å². The average Bonchev–Trinajstić information content (AvgIpc) is 2.48. The van der Waals surface area contributed by atoms with Crippen LogP contribution in [-0.4, -0.2) is 37.7 Å². The molecule has 1 aliphatic heterocycles. The zero-order valence-electron chi connectivity index (χ0n) is 19.0. The molecule has 0 aliphatic carbocycles. The molecule has 27 heavy (non-hydrogen) atoms. The van der Waals surface area contributed by atoms with Crippen molar-refractivity contribution in [3.05, 3.63) is 23.9 Å². The normalized spacial score (nSPS) is 22.4. The Morgan fingerprint density at radius 2 is 1.37 bits per heavy atom. The van der Waals surface area contributed by atoms with Gasteiger partial charge in [0, 0.05) is 0 Å². The van der Waals surface area contributed by atoms with Crippen LogP contribution in [0.5, 0.6) is 0 Å². The molecule has 0 bridgehead atoms. The van der Waals surface area contributed by atoms with Crippen LogP contribution in [0.2, 0.25) is 22.2 Å². The summed E-state index contributed by atoms with van der Waals surface area (Å²) < 4.78 is 20.7. The van der Waals surface area contributed by atoms with Gasteiger partial charge in [-0.2, -0.15) is 0 Å². The van der Waals surface area contributed by atoms with E-state index in [1.165, 1.54) is 5.57 Å². The standard InChI is InChI=1S/C20H39BO3Si2.V/c1-14(2)19(13-21)20-11-12-22-25(15(3)4,16(5)6)24-26(23-20,17(7)8)18(9)10;/h11,13,15-18,20H,12H2,1-10H3;/q-2;+2/t20-;/m0./s1. The smallest absolute Gasteiger partial charge is 0.427 e. The fourth-order valence-electron chi connectivity index (χ4n) is 3.96. The van der Waals surface area contributed by atoms with Crippen LogP contribution in [0.15, 0.2) is 11.1 Å². The molecule has 1 heterocycles. The van der Waals surface area contributed by atoms with E-state index in [1.807, 2.05) is 0 Å². The van der Waals surface area contributed by atoms with Crippen LogP contribution in [0, 0.1) is 12.7 Å². The van der Waals surface area contributed by atoms with Crippen LogP contribution >= 0.6 is 0 Å². The van der Waals surface area contributed by atoms with E-state index in [4.69, 9.17) is 20.8 Å². The van der Waals surface area contributed by atoms with E-state index in [2.05, 4.69) is 75.7 Å². The fourth-order valence-corrected chi connectivity index (χ4v) is 15.0. The summed E-state index contributed by atoms with van der Waals surface area (Å²) >= 11 is 0. The Kier molecular flexibility index (Phi) is 11.3. The molecular formula is C20H39BO3Si2V. The molecule has 3 radical (unpaired) electrons. The predicted molar refractivity (Wildman–Crippen MR) is 117 cm³/mol. The van der Waals surface area contributed by atoms with Gasteiger partial charge in [0.05, 0.1) is 0 Å². The van der Waals surface area contributed by atoms with Crippen LogP contribution in [0.1, 0.15) is 69.2 Å². The van der Waals surface area contributed by atoms with E-state index in [0.29, 0.717) is 28.8 Å². The Morgan fingerprint density at radius 3 is 1.70 bits per heavy atom. The molecule has 0 spiro atoms. The van der Waals surface area contributed by atoms with Crippen molar-refractivity contribution < 1.29 is 31.5 Å². The monoisotopic (exact) mass is 445 g/mol. The molecule has 0 unspecified atom stereocenters. The van der Waals surface area contributed by atoms with Gasteiger partial charge in [0.1, 0.15) is 0 Å². The summed E-state index contributed by atoms with van der Waals surface area (Å²) in [6.45, 7) is 22.6. The van der Waals surface area contributed by atoms with Crippen molar-refractivity contribution >= 4 is 25.0 Å². The van der Waals surface area contributed by atoms with Crippen LogP contribution in [-0.2, 0) is 31.5 Å². The SMILES string of the molecule is [B][CH-]C(=C(C)C)[C@@H]1[CH-]CO[Si](C(C)C)(C(C)C)O[Si](C(C)C)(C(C)C)O1.[V+2]. The van der Waals surface area contributed by atoms with Crippen molar-refractivity contribution in [1.29, 1.82) is 0 Å². The quantitative estimate of drug-likeness (QED) is 0.381. The molecule has 1 saturated heterocycles. The maximum atomic E-state index is 7.15. The Bertz CT molecular complexity index is 476. The van der Waals surface area contributed by atoms with Crippen molar-refractivity contribution in [3.8, 4) is 0 Å². The first-order valence-electron chi connectivity index (χ1n) is 10.0. The second-order valence-electron chi connectivity index (χ2n) is 8.87. The molecule has 0 aromatic carbocycles. The topological polar surface area (TPSA) is 27.7 Å². The van der Waals surface area contributed by atoms with E-state index in [1.54, 1.807) is 6.32 Å². The van der Waals surface area contributed by atoms with Gasteiger partial charge >= 0.3 is 35.7 Å². The molecule has 1 aliphatic rings. The summed E-state index contributed by atoms with van der Waals surface area (Å²) in [4.78, 5) is 0. The molecule has 0 N–H and O–H groups in total. The van der Waals surface area contributed by atoms with E-state index >= 15 is 0 Å². The zero-order valence-corrected chi connectivity index (χ0v) is 22.4. The van der Waals surface area contributed by atoms with E-state index < -0.39 is 17.1 Å². The maximum Gasteiger partial charge on any atom is 2.00 e. The maximum absolute atomic E-state index is 7.15. The van der Waals surface area contributed by atoms with Gasteiger partial charge in [-0.15, -0.1) is 13.8 Å². The van der Waals surface area contributed by atoms with Crippen molar-refractivity contribution in [3.63, 3.8) is 0 Å². The first-order chi connectivity index (χ1) is 11.9. The molecule has 7 heteroatoms. The predicted octanol–water partition coefficient (Wildman–Crippen LogP) is 5.81. The number of hydrogen-bond donors (Lipinski definition) is 0. The van der Waals surface area contributed by atoms with Gasteiger partial charge in [-0.1, -0.05) is 68.1 Å². The van der Waals surface area contributed by atoms with Crippen LogP contribution < -0.4 is 0 Å². The minimum Gasteiger partial charge on any atom is -0.427 e. The molecule has 0 saturated carbocycles. The van der Waals surface area contributed by atoms with Gasteiger partial charge in [-0.3, -0.25) is 12.7 Å². The third kappa shape index (κ3) is 5.81. The molecule has 1 rings (SSSR count). The number of hydrogen-bond acceptors (Lipinski definition) is 3. The summed E-state index contributed by atoms with van der Waals surface area (Å²) in [5.74, 6) is 0. The molecule has 1 fully saturated rings. The Hall–Kier alpha value is 0.573. The van der Waals surface area contributed by atoms with Crippen LogP contribution in [0.25, 0.3) is 0 Å². The number of allylic oxidation sites excluding steroid dienone is 1. The second-order valence-corrected chi connectivity index (χ2v) is 17.7. The summed E-state index contributed by atoms with van der Waals surface area (Å²) in [5.41, 5.74) is 3.56. The molecule has 1 atom stereocenters. The zero-order chi connectivity index (χ0) is 20.3. The van der Waals surface area contributed by atoms with Gasteiger partial charge in [0.15, 0.2) is 0 Å². The first kappa shape index (κ1) is 27.6. The molecule has 0 aromatic heterocycles. The van der Waals surface area contributed by atoms with Crippen molar-refractivity contribution in [2.45, 2.75) is 97.5 Å². The van der Waals surface area contributed by atoms with Gasteiger partial charge in [0.2, 0.25) is 0 Å². The van der Waals surface area contributed by atoms with Gasteiger partial charge in [0.25, 0.3) is 0 Å².